The summed E-state index contributed by atoms with van der Waals surface area (Å²) in [5, 5.41) is 0. The predicted molar refractivity (Wildman–Crippen MR) is 143 cm³/mol. The van der Waals surface area contributed by atoms with E-state index in [9.17, 15) is 13.6 Å². The second kappa shape index (κ2) is 12.3. The normalized spacial score (nSPS) is 19.7. The van der Waals surface area contributed by atoms with Gasteiger partial charge in [-0.3, -0.25) is 4.79 Å². The number of halogens is 2. The first kappa shape index (κ1) is 27.5. The van der Waals surface area contributed by atoms with Crippen molar-refractivity contribution < 1.29 is 18.3 Å². The number of benzene rings is 1. The van der Waals surface area contributed by atoms with Crippen LogP contribution >= 0.6 is 0 Å². The SMILES string of the molecule is CCC(F)(CC)CN1CCC(COc2ccc(-c3ccc(C(=O)N4CCCC(C)C4)c(F)c3)cn2)CC1. The Morgan fingerprint density at radius 2 is 1.81 bits per heavy atom. The van der Waals surface area contributed by atoms with Gasteiger partial charge in [0.25, 0.3) is 5.91 Å². The van der Waals surface area contributed by atoms with Gasteiger partial charge in [-0.05, 0) is 87.2 Å². The molecule has 0 aliphatic carbocycles. The van der Waals surface area contributed by atoms with Crippen molar-refractivity contribution in [3.8, 4) is 17.0 Å². The molecule has 1 amide bonds. The molecule has 1 atom stereocenters. The van der Waals surface area contributed by atoms with Gasteiger partial charge in [-0.1, -0.05) is 26.8 Å². The van der Waals surface area contributed by atoms with Gasteiger partial charge in [0.15, 0.2) is 0 Å². The fourth-order valence-electron chi connectivity index (χ4n) is 5.44. The maximum atomic E-state index is 14.9. The zero-order valence-electron chi connectivity index (χ0n) is 22.5. The highest BCUT2D eigenvalue weighted by Gasteiger charge is 2.30. The number of amides is 1. The first-order valence-electron chi connectivity index (χ1n) is 13.9. The number of carbonyl (C=O) groups excluding carboxylic acids is 1. The number of carbonyl (C=O) groups is 1. The van der Waals surface area contributed by atoms with E-state index in [0.29, 0.717) is 62.4 Å². The number of nitrogens with zero attached hydrogens (tertiary/aromatic N) is 3. The van der Waals surface area contributed by atoms with Crippen LogP contribution in [0.1, 0.15) is 69.7 Å². The molecule has 202 valence electrons. The molecule has 2 fully saturated rings. The van der Waals surface area contributed by atoms with Crippen molar-refractivity contribution in [2.24, 2.45) is 11.8 Å². The largest absolute Gasteiger partial charge is 0.477 e. The van der Waals surface area contributed by atoms with Crippen molar-refractivity contribution in [2.45, 2.75) is 65.0 Å². The first-order valence-corrected chi connectivity index (χ1v) is 13.9. The number of aromatic nitrogens is 1. The summed E-state index contributed by atoms with van der Waals surface area (Å²) in [4.78, 5) is 21.2. The molecule has 1 unspecified atom stereocenters. The number of pyridine rings is 1. The van der Waals surface area contributed by atoms with Gasteiger partial charge in [0.05, 0.1) is 12.2 Å². The van der Waals surface area contributed by atoms with Crippen LogP contribution in [0.3, 0.4) is 0 Å². The predicted octanol–water partition coefficient (Wildman–Crippen LogP) is 6.38. The fourth-order valence-corrected chi connectivity index (χ4v) is 5.44. The smallest absolute Gasteiger partial charge is 0.256 e. The Balaban J connectivity index is 1.28. The summed E-state index contributed by atoms with van der Waals surface area (Å²) in [7, 11) is 0. The van der Waals surface area contributed by atoms with Crippen LogP contribution in [-0.4, -0.2) is 65.7 Å². The molecule has 1 aromatic carbocycles. The van der Waals surface area contributed by atoms with Gasteiger partial charge >= 0.3 is 0 Å². The van der Waals surface area contributed by atoms with Crippen molar-refractivity contribution in [1.29, 1.82) is 0 Å². The molecule has 2 saturated heterocycles. The zero-order chi connectivity index (χ0) is 26.4. The van der Waals surface area contributed by atoms with Crippen molar-refractivity contribution >= 4 is 5.91 Å². The third-order valence-corrected chi connectivity index (χ3v) is 8.16. The fraction of sp³-hybridized carbons (Fsp3) is 0.600. The van der Waals surface area contributed by atoms with E-state index in [4.69, 9.17) is 4.74 Å². The number of likely N-dealkylation sites (tertiary alicyclic amines) is 2. The second-order valence-electron chi connectivity index (χ2n) is 11.0. The van der Waals surface area contributed by atoms with Crippen LogP contribution in [0.5, 0.6) is 5.88 Å². The van der Waals surface area contributed by atoms with Gasteiger partial charge in [0.2, 0.25) is 5.88 Å². The molecule has 4 rings (SSSR count). The van der Waals surface area contributed by atoms with Crippen LogP contribution < -0.4 is 4.74 Å². The monoisotopic (exact) mass is 513 g/mol. The first-order chi connectivity index (χ1) is 17.8. The summed E-state index contributed by atoms with van der Waals surface area (Å²) in [5.41, 5.74) is 0.487. The summed E-state index contributed by atoms with van der Waals surface area (Å²) in [6.07, 6.45) is 6.84. The summed E-state index contributed by atoms with van der Waals surface area (Å²) in [5.74, 6) is 0.677. The molecule has 2 aliphatic heterocycles. The molecule has 1 aromatic heterocycles. The summed E-state index contributed by atoms with van der Waals surface area (Å²) in [6, 6.07) is 8.44. The molecule has 0 N–H and O–H groups in total. The Morgan fingerprint density at radius 3 is 2.43 bits per heavy atom. The molecule has 37 heavy (non-hydrogen) atoms. The Bertz CT molecular complexity index is 1030. The van der Waals surface area contributed by atoms with E-state index in [-0.39, 0.29) is 11.5 Å². The lowest BCUT2D eigenvalue weighted by molar-refractivity contribution is 0.0565. The van der Waals surface area contributed by atoms with Crippen molar-refractivity contribution in [2.75, 3.05) is 39.3 Å². The minimum Gasteiger partial charge on any atom is -0.477 e. The summed E-state index contributed by atoms with van der Waals surface area (Å²) < 4.78 is 35.5. The lowest BCUT2D eigenvalue weighted by Gasteiger charge is -2.36. The second-order valence-corrected chi connectivity index (χ2v) is 11.0. The van der Waals surface area contributed by atoms with Crippen LogP contribution in [-0.2, 0) is 0 Å². The van der Waals surface area contributed by atoms with E-state index in [2.05, 4.69) is 16.8 Å². The zero-order valence-corrected chi connectivity index (χ0v) is 22.5. The van der Waals surface area contributed by atoms with Gasteiger partial charge in [-0.15, -0.1) is 0 Å². The van der Waals surface area contributed by atoms with Crippen molar-refractivity contribution in [1.82, 2.24) is 14.8 Å². The molecule has 7 heteroatoms. The number of rotatable bonds is 9. The highest BCUT2D eigenvalue weighted by Crippen LogP contribution is 2.27. The van der Waals surface area contributed by atoms with Crippen molar-refractivity contribution in [3.05, 3.63) is 47.9 Å². The Labute approximate surface area is 220 Å². The van der Waals surface area contributed by atoms with Gasteiger partial charge in [0, 0.05) is 37.5 Å². The number of piperidine rings is 2. The van der Waals surface area contributed by atoms with E-state index in [1.807, 2.05) is 19.9 Å². The third kappa shape index (κ3) is 7.07. The quantitative estimate of drug-likeness (QED) is 0.390. The minimum atomic E-state index is -1.08. The molecule has 3 heterocycles. The lowest BCUT2D eigenvalue weighted by Crippen LogP contribution is -2.44. The lowest BCUT2D eigenvalue weighted by atomic mass is 9.94. The van der Waals surface area contributed by atoms with Gasteiger partial charge in [-0.25, -0.2) is 13.8 Å². The van der Waals surface area contributed by atoms with E-state index in [1.54, 1.807) is 29.3 Å². The van der Waals surface area contributed by atoms with E-state index >= 15 is 0 Å². The topological polar surface area (TPSA) is 45.7 Å². The van der Waals surface area contributed by atoms with Crippen LogP contribution in [0.2, 0.25) is 0 Å². The summed E-state index contributed by atoms with van der Waals surface area (Å²) >= 11 is 0. The highest BCUT2D eigenvalue weighted by atomic mass is 19.1. The van der Waals surface area contributed by atoms with Gasteiger partial charge < -0.3 is 14.5 Å². The van der Waals surface area contributed by atoms with Crippen LogP contribution in [0.25, 0.3) is 11.1 Å². The third-order valence-electron chi connectivity index (χ3n) is 8.16. The summed E-state index contributed by atoms with van der Waals surface area (Å²) in [6.45, 7) is 10.2. The number of alkyl halides is 1. The standard InChI is InChI=1S/C30H41F2N3O2/c1-4-30(32,5-2)21-34-15-12-23(13-16-34)20-37-28-11-9-25(18-33-28)24-8-10-26(27(31)17-24)29(36)35-14-6-7-22(3)19-35/h8-11,17-18,22-23H,4-7,12-16,19-21H2,1-3H3. The molecule has 0 saturated carbocycles. The van der Waals surface area contributed by atoms with Crippen molar-refractivity contribution in [3.63, 3.8) is 0 Å². The minimum absolute atomic E-state index is 0.124. The molecule has 0 spiro atoms. The molecule has 0 bridgehead atoms. The Hall–Kier alpha value is -2.54. The Kier molecular flexibility index (Phi) is 9.17. The van der Waals surface area contributed by atoms with E-state index in [0.717, 1.165) is 44.3 Å². The van der Waals surface area contributed by atoms with Crippen LogP contribution in [0, 0.1) is 17.7 Å². The average molecular weight is 514 g/mol. The average Bonchev–Trinajstić information content (AvgIpc) is 2.92. The van der Waals surface area contributed by atoms with Crippen LogP contribution in [0.15, 0.2) is 36.5 Å². The molecular weight excluding hydrogens is 472 g/mol. The molecular formula is C30H41F2N3O2. The number of hydrogen-bond donors (Lipinski definition) is 0. The maximum Gasteiger partial charge on any atom is 0.256 e. The molecule has 2 aromatic rings. The van der Waals surface area contributed by atoms with Crippen LogP contribution in [0.4, 0.5) is 8.78 Å². The number of ether oxygens (including phenoxy) is 1. The van der Waals surface area contributed by atoms with E-state index < -0.39 is 11.5 Å². The Morgan fingerprint density at radius 1 is 1.08 bits per heavy atom. The molecule has 5 nitrogen and oxygen atoms in total. The van der Waals surface area contributed by atoms with Gasteiger partial charge in [0.1, 0.15) is 11.5 Å². The molecule has 0 radical (unpaired) electrons. The molecule has 2 aliphatic rings. The number of hydrogen-bond acceptors (Lipinski definition) is 4. The maximum absolute atomic E-state index is 14.9. The van der Waals surface area contributed by atoms with Gasteiger partial charge in [-0.2, -0.15) is 0 Å². The highest BCUT2D eigenvalue weighted by molar-refractivity contribution is 5.95. The van der Waals surface area contributed by atoms with E-state index in [1.165, 1.54) is 6.07 Å².